The number of hydrogen-bond acceptors (Lipinski definition) is 2. The second kappa shape index (κ2) is 3.25. The Hall–Kier alpha value is -0.0800. The molecule has 1 heterocycles. The third kappa shape index (κ3) is 1.75. The highest BCUT2D eigenvalue weighted by Crippen LogP contribution is 2.51. The topological polar surface area (TPSA) is 24.1 Å². The van der Waals surface area contributed by atoms with Crippen LogP contribution in [-0.4, -0.2) is 25.2 Å². The number of fused-ring (bicyclic) bond motifs is 1. The molecule has 2 saturated carbocycles. The average molecular weight is 180 g/mol. The van der Waals surface area contributed by atoms with E-state index < -0.39 is 0 Å². The van der Waals surface area contributed by atoms with E-state index in [-0.39, 0.29) is 0 Å². The van der Waals surface area contributed by atoms with Crippen molar-refractivity contribution in [2.45, 2.75) is 44.2 Å². The first-order valence-electron chi connectivity index (χ1n) is 5.88. The van der Waals surface area contributed by atoms with Gasteiger partial charge in [-0.1, -0.05) is 0 Å². The molecule has 74 valence electrons. The highest BCUT2D eigenvalue weighted by atomic mass is 15.0. The summed E-state index contributed by atoms with van der Waals surface area (Å²) in [5, 5.41) is 7.26. The lowest BCUT2D eigenvalue weighted by Gasteiger charge is -2.27. The fraction of sp³-hybridized carbons (Fsp3) is 1.00. The lowest BCUT2D eigenvalue weighted by atomic mass is 10.0. The van der Waals surface area contributed by atoms with Crippen LogP contribution in [0, 0.1) is 11.8 Å². The van der Waals surface area contributed by atoms with E-state index >= 15 is 0 Å². The average Bonchev–Trinajstić information content (AvgIpc) is 2.76. The Bertz CT molecular complexity index is 177. The van der Waals surface area contributed by atoms with Crippen molar-refractivity contribution in [3.05, 3.63) is 0 Å². The van der Waals surface area contributed by atoms with E-state index in [0.29, 0.717) is 0 Å². The molecule has 2 unspecified atom stereocenters. The second-order valence-electron chi connectivity index (χ2n) is 5.12. The molecule has 2 aliphatic carbocycles. The van der Waals surface area contributed by atoms with Crippen LogP contribution in [0.25, 0.3) is 0 Å². The second-order valence-corrected chi connectivity index (χ2v) is 5.12. The molecule has 0 spiro atoms. The molecule has 0 amide bonds. The normalized spacial score (nSPS) is 44.8. The quantitative estimate of drug-likeness (QED) is 0.665. The summed E-state index contributed by atoms with van der Waals surface area (Å²) < 4.78 is 0. The number of piperidine rings is 1. The molecular weight excluding hydrogens is 160 g/mol. The predicted octanol–water partition coefficient (Wildman–Crippen LogP) is 1.13. The van der Waals surface area contributed by atoms with Gasteiger partial charge in [0.25, 0.3) is 0 Å². The van der Waals surface area contributed by atoms with Gasteiger partial charge in [-0.15, -0.1) is 0 Å². The maximum absolute atomic E-state index is 3.84. The molecule has 3 fully saturated rings. The number of rotatable bonds is 2. The molecular formula is C11H20N2. The minimum Gasteiger partial charge on any atom is -0.317 e. The first kappa shape index (κ1) is 8.25. The van der Waals surface area contributed by atoms with Gasteiger partial charge in [-0.2, -0.15) is 0 Å². The van der Waals surface area contributed by atoms with Crippen LogP contribution in [0.5, 0.6) is 0 Å². The minimum atomic E-state index is 0.823. The first-order chi connectivity index (χ1) is 6.42. The monoisotopic (exact) mass is 180 g/mol. The van der Waals surface area contributed by atoms with E-state index in [0.717, 1.165) is 23.9 Å². The molecule has 2 N–H and O–H groups in total. The third-order valence-electron chi connectivity index (χ3n) is 4.05. The van der Waals surface area contributed by atoms with Crippen LogP contribution in [0.15, 0.2) is 0 Å². The van der Waals surface area contributed by atoms with Gasteiger partial charge in [0.2, 0.25) is 0 Å². The molecule has 3 rings (SSSR count). The lowest BCUT2D eigenvalue weighted by molar-refractivity contribution is 0.337. The molecule has 2 heteroatoms. The van der Waals surface area contributed by atoms with Gasteiger partial charge in [-0.3, -0.25) is 0 Å². The van der Waals surface area contributed by atoms with Gasteiger partial charge in [0.1, 0.15) is 0 Å². The van der Waals surface area contributed by atoms with Crippen LogP contribution in [0.4, 0.5) is 0 Å². The van der Waals surface area contributed by atoms with Crippen LogP contribution in [-0.2, 0) is 0 Å². The van der Waals surface area contributed by atoms with Crippen molar-refractivity contribution in [2.75, 3.05) is 13.1 Å². The summed E-state index contributed by atoms with van der Waals surface area (Å²) >= 11 is 0. The van der Waals surface area contributed by atoms with Crippen LogP contribution in [0.2, 0.25) is 0 Å². The van der Waals surface area contributed by atoms with Crippen molar-refractivity contribution in [3.8, 4) is 0 Å². The highest BCUT2D eigenvalue weighted by Gasteiger charge is 2.45. The Morgan fingerprint density at radius 2 is 1.54 bits per heavy atom. The van der Waals surface area contributed by atoms with E-state index in [4.69, 9.17) is 0 Å². The summed E-state index contributed by atoms with van der Waals surface area (Å²) in [7, 11) is 0. The third-order valence-corrected chi connectivity index (χ3v) is 4.05. The molecule has 1 saturated heterocycles. The van der Waals surface area contributed by atoms with Gasteiger partial charge in [0.15, 0.2) is 0 Å². The van der Waals surface area contributed by atoms with Gasteiger partial charge in [0.05, 0.1) is 0 Å². The molecule has 0 radical (unpaired) electrons. The molecule has 0 aromatic rings. The van der Waals surface area contributed by atoms with Crippen molar-refractivity contribution in [3.63, 3.8) is 0 Å². The minimum absolute atomic E-state index is 0.823. The summed E-state index contributed by atoms with van der Waals surface area (Å²) in [4.78, 5) is 0. The van der Waals surface area contributed by atoms with Gasteiger partial charge in [-0.25, -0.2) is 0 Å². The summed E-state index contributed by atoms with van der Waals surface area (Å²) in [6.45, 7) is 2.44. The highest BCUT2D eigenvalue weighted by molar-refractivity contribution is 4.99. The van der Waals surface area contributed by atoms with Gasteiger partial charge < -0.3 is 10.6 Å². The largest absolute Gasteiger partial charge is 0.317 e. The van der Waals surface area contributed by atoms with E-state index in [9.17, 15) is 0 Å². The SMILES string of the molecule is C1CC(NC2CC3CC3C2)CCN1. The maximum Gasteiger partial charge on any atom is 0.00938 e. The molecule has 0 aromatic carbocycles. The van der Waals surface area contributed by atoms with Gasteiger partial charge >= 0.3 is 0 Å². The van der Waals surface area contributed by atoms with Gasteiger partial charge in [0, 0.05) is 12.1 Å². The summed E-state index contributed by atoms with van der Waals surface area (Å²) in [5.74, 6) is 2.25. The van der Waals surface area contributed by atoms with E-state index in [2.05, 4.69) is 10.6 Å². The van der Waals surface area contributed by atoms with E-state index in [1.165, 1.54) is 38.8 Å². The molecule has 3 aliphatic rings. The van der Waals surface area contributed by atoms with Crippen LogP contribution < -0.4 is 10.6 Å². The fourth-order valence-corrected chi connectivity index (χ4v) is 3.17. The van der Waals surface area contributed by atoms with Crippen molar-refractivity contribution < 1.29 is 0 Å². The van der Waals surface area contributed by atoms with Gasteiger partial charge in [-0.05, 0) is 57.0 Å². The maximum atomic E-state index is 3.84. The Morgan fingerprint density at radius 1 is 0.846 bits per heavy atom. The molecule has 2 atom stereocenters. The molecule has 1 aliphatic heterocycles. The van der Waals surface area contributed by atoms with Crippen molar-refractivity contribution >= 4 is 0 Å². The molecule has 2 nitrogen and oxygen atoms in total. The summed E-state index contributed by atoms with van der Waals surface area (Å²) in [6, 6.07) is 1.70. The fourth-order valence-electron chi connectivity index (χ4n) is 3.17. The standard InChI is InChI=1S/C11H20N2/c1-3-12-4-2-10(1)13-11-6-8-5-9(8)7-11/h8-13H,1-7H2. The number of nitrogens with one attached hydrogen (secondary N) is 2. The predicted molar refractivity (Wildman–Crippen MR) is 53.6 cm³/mol. The molecule has 0 bridgehead atoms. The zero-order valence-electron chi connectivity index (χ0n) is 8.26. The molecule has 0 aromatic heterocycles. The van der Waals surface area contributed by atoms with Crippen LogP contribution in [0.1, 0.15) is 32.1 Å². The zero-order chi connectivity index (χ0) is 8.67. The summed E-state index contributed by atoms with van der Waals surface area (Å²) in [6.07, 6.45) is 7.19. The van der Waals surface area contributed by atoms with Crippen LogP contribution in [0.3, 0.4) is 0 Å². The van der Waals surface area contributed by atoms with Crippen molar-refractivity contribution in [1.29, 1.82) is 0 Å². The van der Waals surface area contributed by atoms with E-state index in [1.807, 2.05) is 0 Å². The lowest BCUT2D eigenvalue weighted by Crippen LogP contribution is -2.44. The molecule has 13 heavy (non-hydrogen) atoms. The van der Waals surface area contributed by atoms with E-state index in [1.54, 1.807) is 6.42 Å². The zero-order valence-corrected chi connectivity index (χ0v) is 8.26. The number of hydrogen-bond donors (Lipinski definition) is 2. The van der Waals surface area contributed by atoms with Crippen LogP contribution >= 0.6 is 0 Å². The Balaban J connectivity index is 1.46. The Morgan fingerprint density at radius 3 is 2.23 bits per heavy atom. The first-order valence-corrected chi connectivity index (χ1v) is 5.88. The van der Waals surface area contributed by atoms with Crippen molar-refractivity contribution in [1.82, 2.24) is 10.6 Å². The Kier molecular flexibility index (Phi) is 2.06. The Labute approximate surface area is 80.5 Å². The summed E-state index contributed by atoms with van der Waals surface area (Å²) in [5.41, 5.74) is 0. The van der Waals surface area contributed by atoms with Crippen molar-refractivity contribution in [2.24, 2.45) is 11.8 Å². The smallest absolute Gasteiger partial charge is 0.00938 e.